The second kappa shape index (κ2) is 6.07. The molecule has 3 nitrogen and oxygen atoms in total. The van der Waals surface area contributed by atoms with Crippen LogP contribution in [-0.4, -0.2) is 24.8 Å². The lowest BCUT2D eigenvalue weighted by atomic mass is 9.84. The first-order valence-corrected chi connectivity index (χ1v) is 5.96. The third-order valence-corrected chi connectivity index (χ3v) is 3.21. The summed E-state index contributed by atoms with van der Waals surface area (Å²) in [5.74, 6) is -4.82. The molecule has 0 spiro atoms. The molecular weight excluding hydrogens is 230 g/mol. The number of carbonyl (C=O) groups excluding carboxylic acids is 2. The van der Waals surface area contributed by atoms with Gasteiger partial charge in [0.25, 0.3) is 0 Å². The Labute approximate surface area is 99.5 Å². The van der Waals surface area contributed by atoms with Crippen LogP contribution in [0.15, 0.2) is 0 Å². The van der Waals surface area contributed by atoms with E-state index >= 15 is 0 Å². The van der Waals surface area contributed by atoms with Crippen molar-refractivity contribution in [1.82, 2.24) is 0 Å². The van der Waals surface area contributed by atoms with Crippen LogP contribution >= 0.6 is 0 Å². The Kier molecular flexibility index (Phi) is 5.02. The van der Waals surface area contributed by atoms with Gasteiger partial charge in [-0.3, -0.25) is 4.79 Å². The molecule has 1 aliphatic carbocycles. The maximum absolute atomic E-state index is 13.1. The largest absolute Gasteiger partial charge is 0.465 e. The van der Waals surface area contributed by atoms with Crippen molar-refractivity contribution in [1.29, 1.82) is 0 Å². The minimum absolute atomic E-state index is 0.0859. The molecule has 5 heteroatoms. The zero-order chi connectivity index (χ0) is 12.9. The predicted octanol–water partition coefficient (Wildman–Crippen LogP) is 2.72. The van der Waals surface area contributed by atoms with Crippen molar-refractivity contribution in [3.8, 4) is 0 Å². The molecule has 17 heavy (non-hydrogen) atoms. The predicted molar refractivity (Wildman–Crippen MR) is 57.8 cm³/mol. The monoisotopic (exact) mass is 248 g/mol. The molecule has 1 saturated carbocycles. The van der Waals surface area contributed by atoms with E-state index in [4.69, 9.17) is 0 Å². The van der Waals surface area contributed by atoms with Gasteiger partial charge in [-0.2, -0.15) is 8.78 Å². The van der Waals surface area contributed by atoms with E-state index in [0.29, 0.717) is 12.8 Å². The number of esters is 1. The lowest BCUT2D eigenvalue weighted by Gasteiger charge is -2.21. The molecule has 0 amide bonds. The van der Waals surface area contributed by atoms with Gasteiger partial charge >= 0.3 is 11.9 Å². The minimum atomic E-state index is -3.42. The quantitative estimate of drug-likeness (QED) is 0.702. The summed E-state index contributed by atoms with van der Waals surface area (Å²) in [4.78, 5) is 22.2. The lowest BCUT2D eigenvalue weighted by molar-refractivity contribution is -0.169. The van der Waals surface area contributed by atoms with Crippen LogP contribution in [-0.2, 0) is 14.3 Å². The molecule has 0 aromatic heterocycles. The summed E-state index contributed by atoms with van der Waals surface area (Å²) in [6.45, 7) is 0. The minimum Gasteiger partial charge on any atom is -0.465 e. The number of hydrogen-bond acceptors (Lipinski definition) is 3. The van der Waals surface area contributed by atoms with E-state index in [1.807, 2.05) is 0 Å². The summed E-state index contributed by atoms with van der Waals surface area (Å²) in [6, 6.07) is 0. The molecule has 0 aliphatic heterocycles. The van der Waals surface area contributed by atoms with Crippen LogP contribution in [0.5, 0.6) is 0 Å². The first-order chi connectivity index (χ1) is 7.97. The van der Waals surface area contributed by atoms with Crippen molar-refractivity contribution in [3.05, 3.63) is 0 Å². The van der Waals surface area contributed by atoms with E-state index < -0.39 is 18.3 Å². The third-order valence-electron chi connectivity index (χ3n) is 3.21. The zero-order valence-electron chi connectivity index (χ0n) is 10.0. The van der Waals surface area contributed by atoms with E-state index in [-0.39, 0.29) is 18.1 Å². The fourth-order valence-electron chi connectivity index (χ4n) is 2.18. The van der Waals surface area contributed by atoms with Crippen molar-refractivity contribution in [2.75, 3.05) is 7.11 Å². The number of ether oxygens (including phenoxy) is 1. The smallest absolute Gasteiger partial charge is 0.376 e. The number of ketones is 1. The molecule has 0 saturated heterocycles. The molecule has 1 unspecified atom stereocenters. The fraction of sp³-hybridized carbons (Fsp3) is 0.833. The van der Waals surface area contributed by atoms with Crippen molar-refractivity contribution < 1.29 is 23.1 Å². The maximum Gasteiger partial charge on any atom is 0.376 e. The zero-order valence-corrected chi connectivity index (χ0v) is 10.0. The van der Waals surface area contributed by atoms with Gasteiger partial charge in [0, 0.05) is 18.8 Å². The summed E-state index contributed by atoms with van der Waals surface area (Å²) in [6.07, 6.45) is 3.35. The molecule has 1 aliphatic rings. The van der Waals surface area contributed by atoms with Crippen LogP contribution in [0, 0.1) is 5.92 Å². The number of methoxy groups -OCH3 is 1. The van der Waals surface area contributed by atoms with E-state index in [9.17, 15) is 18.4 Å². The van der Waals surface area contributed by atoms with E-state index in [1.165, 1.54) is 0 Å². The Hall–Kier alpha value is -1.00. The molecule has 1 rings (SSSR count). The number of Topliss-reactive ketones (excluding diaryl/α,β-unsaturated/α-hetero) is 1. The third kappa shape index (κ3) is 4.06. The van der Waals surface area contributed by atoms with Gasteiger partial charge in [0.15, 0.2) is 0 Å². The number of rotatable bonds is 5. The summed E-state index contributed by atoms with van der Waals surface area (Å²) in [7, 11) is 0.945. The van der Waals surface area contributed by atoms with Gasteiger partial charge in [-0.15, -0.1) is 0 Å². The van der Waals surface area contributed by atoms with Gasteiger partial charge in [-0.1, -0.05) is 6.42 Å². The Morgan fingerprint density at radius 1 is 1.47 bits per heavy atom. The molecule has 98 valence electrons. The van der Waals surface area contributed by atoms with Crippen molar-refractivity contribution >= 4 is 11.8 Å². The van der Waals surface area contributed by atoms with Crippen molar-refractivity contribution in [2.24, 2.45) is 5.92 Å². The lowest BCUT2D eigenvalue weighted by Crippen LogP contribution is -2.30. The molecular formula is C12H18F2O3. The summed E-state index contributed by atoms with van der Waals surface area (Å²) in [5, 5.41) is 0. The number of hydrogen-bond donors (Lipinski definition) is 0. The number of alkyl halides is 2. The summed E-state index contributed by atoms with van der Waals surface area (Å²) >= 11 is 0. The van der Waals surface area contributed by atoms with Gasteiger partial charge < -0.3 is 4.74 Å². The average molecular weight is 248 g/mol. The second-order valence-electron chi connectivity index (χ2n) is 4.50. The standard InChI is InChI=1S/C12H18F2O3/c1-17-11(16)12(13,14)8-4-6-9-5-2-3-7-10(9)15/h9H,2-8H2,1H3. The average Bonchev–Trinajstić information content (AvgIpc) is 2.30. The van der Waals surface area contributed by atoms with Gasteiger partial charge in [0.2, 0.25) is 0 Å². The molecule has 0 aromatic rings. The van der Waals surface area contributed by atoms with Crippen LogP contribution in [0.4, 0.5) is 8.78 Å². The second-order valence-corrected chi connectivity index (χ2v) is 4.50. The van der Waals surface area contributed by atoms with E-state index in [0.717, 1.165) is 26.4 Å². The Bertz CT molecular complexity index is 289. The van der Waals surface area contributed by atoms with Crippen LogP contribution < -0.4 is 0 Å². The Morgan fingerprint density at radius 3 is 2.76 bits per heavy atom. The van der Waals surface area contributed by atoms with E-state index in [2.05, 4.69) is 4.74 Å². The van der Waals surface area contributed by atoms with Crippen LogP contribution in [0.2, 0.25) is 0 Å². The molecule has 0 N–H and O–H groups in total. The van der Waals surface area contributed by atoms with Crippen molar-refractivity contribution in [3.63, 3.8) is 0 Å². The van der Waals surface area contributed by atoms with Gasteiger partial charge in [0.05, 0.1) is 7.11 Å². The van der Waals surface area contributed by atoms with Crippen LogP contribution in [0.25, 0.3) is 0 Å². The van der Waals surface area contributed by atoms with Gasteiger partial charge in [-0.25, -0.2) is 4.79 Å². The Balaban J connectivity index is 2.31. The Morgan fingerprint density at radius 2 is 2.18 bits per heavy atom. The number of halogens is 2. The number of carbonyl (C=O) groups is 2. The van der Waals surface area contributed by atoms with Crippen molar-refractivity contribution in [2.45, 2.75) is 50.9 Å². The molecule has 0 bridgehead atoms. The first kappa shape index (κ1) is 14.1. The fourth-order valence-corrected chi connectivity index (χ4v) is 2.18. The maximum atomic E-state index is 13.1. The molecule has 0 radical (unpaired) electrons. The topological polar surface area (TPSA) is 43.4 Å². The molecule has 1 fully saturated rings. The highest BCUT2D eigenvalue weighted by molar-refractivity contribution is 5.81. The molecule has 0 aromatic carbocycles. The molecule has 1 atom stereocenters. The highest BCUT2D eigenvalue weighted by Crippen LogP contribution is 2.28. The van der Waals surface area contributed by atoms with E-state index in [1.54, 1.807) is 0 Å². The van der Waals surface area contributed by atoms with Crippen LogP contribution in [0.3, 0.4) is 0 Å². The first-order valence-electron chi connectivity index (χ1n) is 5.96. The normalized spacial score (nSPS) is 21.4. The summed E-state index contributed by atoms with van der Waals surface area (Å²) < 4.78 is 30.2. The van der Waals surface area contributed by atoms with Crippen LogP contribution in [0.1, 0.15) is 44.9 Å². The van der Waals surface area contributed by atoms with Gasteiger partial charge in [-0.05, 0) is 25.7 Å². The SMILES string of the molecule is COC(=O)C(F)(F)CCCC1CCCCC1=O. The molecule has 0 heterocycles. The highest BCUT2D eigenvalue weighted by Gasteiger charge is 2.39. The highest BCUT2D eigenvalue weighted by atomic mass is 19.3. The van der Waals surface area contributed by atoms with Gasteiger partial charge in [0.1, 0.15) is 5.78 Å². The summed E-state index contributed by atoms with van der Waals surface area (Å²) in [5.41, 5.74) is 0.